The lowest BCUT2D eigenvalue weighted by Crippen LogP contribution is -2.63. The van der Waals surface area contributed by atoms with E-state index in [-0.39, 0.29) is 13.2 Å². The minimum absolute atomic E-state index is 0.184. The molecule has 6 atom stereocenters. The number of carbonyl (C=O) groups excluding carboxylic acids is 4. The van der Waals surface area contributed by atoms with Crippen molar-refractivity contribution in [1.29, 1.82) is 0 Å². The third-order valence-electron chi connectivity index (χ3n) is 5.70. The Kier molecular flexibility index (Phi) is 11.5. The second-order valence-electron chi connectivity index (χ2n) is 9.41. The first-order valence-corrected chi connectivity index (χ1v) is 12.5. The number of benzene rings is 1. The van der Waals surface area contributed by atoms with E-state index in [2.05, 4.69) is 13.8 Å². The van der Waals surface area contributed by atoms with Crippen LogP contribution in [-0.2, 0) is 54.0 Å². The van der Waals surface area contributed by atoms with E-state index in [0.717, 1.165) is 12.0 Å². The summed E-state index contributed by atoms with van der Waals surface area (Å²) in [5.74, 6) is -2.61. The van der Waals surface area contributed by atoms with Gasteiger partial charge in [0.25, 0.3) is 0 Å². The monoisotopic (exact) mass is 522 g/mol. The second kappa shape index (κ2) is 14.1. The van der Waals surface area contributed by atoms with Crippen molar-refractivity contribution >= 4 is 23.9 Å². The number of ether oxygens (including phenoxy) is 6. The molecule has 0 saturated carbocycles. The van der Waals surface area contributed by atoms with Crippen molar-refractivity contribution in [2.45, 2.75) is 91.5 Å². The molecule has 0 bridgehead atoms. The summed E-state index contributed by atoms with van der Waals surface area (Å²) >= 11 is 0. The van der Waals surface area contributed by atoms with Crippen LogP contribution in [0.2, 0.25) is 0 Å². The molecule has 0 N–H and O–H groups in total. The average molecular weight is 523 g/mol. The molecule has 0 aromatic heterocycles. The lowest BCUT2D eigenvalue weighted by molar-refractivity contribution is -0.307. The van der Waals surface area contributed by atoms with E-state index in [1.54, 1.807) is 13.8 Å². The molecule has 1 saturated heterocycles. The molecule has 0 amide bonds. The second-order valence-corrected chi connectivity index (χ2v) is 9.41. The summed E-state index contributed by atoms with van der Waals surface area (Å²) in [4.78, 5) is 48.4. The molecule has 0 aliphatic carbocycles. The normalized spacial score (nSPS) is 24.2. The number of carbonyl (C=O) groups is 4. The van der Waals surface area contributed by atoms with Crippen LogP contribution in [0.15, 0.2) is 24.3 Å². The molecular weight excluding hydrogens is 484 g/mol. The van der Waals surface area contributed by atoms with Crippen LogP contribution in [0.25, 0.3) is 0 Å². The van der Waals surface area contributed by atoms with Gasteiger partial charge in [-0.05, 0) is 37.3 Å². The van der Waals surface area contributed by atoms with E-state index >= 15 is 0 Å². The first kappa shape index (κ1) is 30.2. The van der Waals surface area contributed by atoms with Crippen molar-refractivity contribution < 1.29 is 47.6 Å². The Morgan fingerprint density at radius 3 is 1.89 bits per heavy atom. The van der Waals surface area contributed by atoms with Crippen molar-refractivity contribution in [3.63, 3.8) is 0 Å². The fraction of sp³-hybridized carbons (Fsp3) is 0.630. The van der Waals surface area contributed by atoms with Crippen LogP contribution in [-0.4, -0.2) is 67.8 Å². The largest absolute Gasteiger partial charge is 0.462 e. The van der Waals surface area contributed by atoms with Gasteiger partial charge >= 0.3 is 23.9 Å². The van der Waals surface area contributed by atoms with Gasteiger partial charge in [-0.1, -0.05) is 38.1 Å². The molecule has 1 aliphatic rings. The molecule has 1 aromatic carbocycles. The number of rotatable bonds is 11. The maximum absolute atomic E-state index is 12.9. The fourth-order valence-corrected chi connectivity index (χ4v) is 4.13. The van der Waals surface area contributed by atoms with Gasteiger partial charge in [-0.3, -0.25) is 19.2 Å². The van der Waals surface area contributed by atoms with Gasteiger partial charge in [0.15, 0.2) is 24.6 Å². The van der Waals surface area contributed by atoms with Gasteiger partial charge in [-0.25, -0.2) is 0 Å². The summed E-state index contributed by atoms with van der Waals surface area (Å²) in [5.41, 5.74) is 1.97. The highest BCUT2D eigenvalue weighted by atomic mass is 16.7. The number of hydrogen-bond donors (Lipinski definition) is 0. The van der Waals surface area contributed by atoms with E-state index in [0.29, 0.717) is 5.92 Å². The van der Waals surface area contributed by atoms with Crippen molar-refractivity contribution in [1.82, 2.24) is 0 Å². The quantitative estimate of drug-likeness (QED) is 0.316. The van der Waals surface area contributed by atoms with E-state index in [9.17, 15) is 19.2 Å². The predicted molar refractivity (Wildman–Crippen MR) is 131 cm³/mol. The predicted octanol–water partition coefficient (Wildman–Crippen LogP) is 3.09. The van der Waals surface area contributed by atoms with Gasteiger partial charge in [-0.15, -0.1) is 0 Å². The molecule has 1 fully saturated rings. The molecule has 206 valence electrons. The van der Waals surface area contributed by atoms with Crippen LogP contribution in [0.5, 0.6) is 0 Å². The number of hydrogen-bond acceptors (Lipinski definition) is 10. The van der Waals surface area contributed by atoms with Crippen molar-refractivity contribution in [2.24, 2.45) is 5.92 Å². The molecule has 1 aromatic rings. The number of esters is 4. The summed E-state index contributed by atoms with van der Waals surface area (Å²) in [6, 6.07) is 7.78. The minimum Gasteiger partial charge on any atom is -0.462 e. The molecule has 1 aliphatic heterocycles. The van der Waals surface area contributed by atoms with Gasteiger partial charge in [0.2, 0.25) is 0 Å². The zero-order valence-corrected chi connectivity index (χ0v) is 22.6. The molecule has 37 heavy (non-hydrogen) atoms. The lowest BCUT2D eigenvalue weighted by Gasteiger charge is -2.44. The minimum atomic E-state index is -1.25. The van der Waals surface area contributed by atoms with Gasteiger partial charge in [0, 0.05) is 27.4 Å². The van der Waals surface area contributed by atoms with E-state index in [1.165, 1.54) is 26.3 Å². The maximum atomic E-state index is 12.9. The van der Waals surface area contributed by atoms with E-state index in [4.69, 9.17) is 28.4 Å². The smallest absolute Gasteiger partial charge is 0.313 e. The molecule has 10 nitrogen and oxygen atoms in total. The molecule has 0 radical (unpaired) electrons. The summed E-state index contributed by atoms with van der Waals surface area (Å²) in [5, 5.41) is 0. The highest BCUT2D eigenvalue weighted by Gasteiger charge is 2.52. The van der Waals surface area contributed by atoms with Crippen LogP contribution in [0.3, 0.4) is 0 Å². The van der Waals surface area contributed by atoms with Gasteiger partial charge in [0.05, 0.1) is 5.92 Å². The maximum Gasteiger partial charge on any atom is 0.313 e. The first-order chi connectivity index (χ1) is 17.4. The Hall–Kier alpha value is -2.98. The summed E-state index contributed by atoms with van der Waals surface area (Å²) in [7, 11) is 0. The first-order valence-electron chi connectivity index (χ1n) is 12.5. The molecule has 10 heteroatoms. The van der Waals surface area contributed by atoms with Gasteiger partial charge in [-0.2, -0.15) is 0 Å². The third kappa shape index (κ3) is 9.12. The van der Waals surface area contributed by atoms with Crippen molar-refractivity contribution in [3.05, 3.63) is 35.4 Å². The standard InChI is InChI=1S/C27H38O10/c1-8-32-27-25(36-19(7)30)24(35-18(6)29)23(34-17(5)28)22(37-27)14-33-26(31)16(4)21-11-9-20(10-12-21)13-15(2)3/h9-12,15-16,22-25,27H,8,13-14H2,1-7H3/t16-,22-,23-,24+,25-,27?/m1/s1. The zero-order chi connectivity index (χ0) is 27.7. The zero-order valence-electron chi connectivity index (χ0n) is 22.6. The Balaban J connectivity index is 2.22. The highest BCUT2D eigenvalue weighted by Crippen LogP contribution is 2.30. The SMILES string of the molecule is CCOC1O[C@H](COC(=O)[C@H](C)c2ccc(CC(C)C)cc2)[C@@H](OC(C)=O)[C@H](OC(C)=O)[C@H]1OC(C)=O. The summed E-state index contributed by atoms with van der Waals surface area (Å²) < 4.78 is 33.1. The van der Waals surface area contributed by atoms with Crippen molar-refractivity contribution in [3.8, 4) is 0 Å². The van der Waals surface area contributed by atoms with Crippen LogP contribution in [0.4, 0.5) is 0 Å². The molecule has 1 unspecified atom stereocenters. The molecule has 2 rings (SSSR count). The third-order valence-corrected chi connectivity index (χ3v) is 5.70. The molecular formula is C27H38O10. The van der Waals surface area contributed by atoms with Gasteiger partial charge in [0.1, 0.15) is 12.7 Å². The van der Waals surface area contributed by atoms with Gasteiger partial charge < -0.3 is 28.4 Å². The van der Waals surface area contributed by atoms with Crippen LogP contribution in [0.1, 0.15) is 65.5 Å². The van der Waals surface area contributed by atoms with Crippen LogP contribution < -0.4 is 0 Å². The Labute approximate surface area is 217 Å². The average Bonchev–Trinajstić information content (AvgIpc) is 2.80. The molecule has 1 heterocycles. The van der Waals surface area contributed by atoms with E-state index < -0.39 is 60.5 Å². The Morgan fingerprint density at radius 1 is 0.838 bits per heavy atom. The topological polar surface area (TPSA) is 124 Å². The molecule has 0 spiro atoms. The van der Waals surface area contributed by atoms with E-state index in [1.807, 2.05) is 24.3 Å². The summed E-state index contributed by atoms with van der Waals surface area (Å²) in [6.07, 6.45) is -4.94. The lowest BCUT2D eigenvalue weighted by atomic mass is 9.96. The van der Waals surface area contributed by atoms with Crippen molar-refractivity contribution in [2.75, 3.05) is 13.2 Å². The Bertz CT molecular complexity index is 926. The van der Waals surface area contributed by atoms with Crippen LogP contribution >= 0.6 is 0 Å². The summed E-state index contributed by atoms with van der Waals surface area (Å²) in [6.45, 7) is 11.1. The van der Waals surface area contributed by atoms with Crippen LogP contribution in [0, 0.1) is 5.92 Å². The fourth-order valence-electron chi connectivity index (χ4n) is 4.13. The Morgan fingerprint density at radius 2 is 1.38 bits per heavy atom. The highest BCUT2D eigenvalue weighted by molar-refractivity contribution is 5.77.